The zero-order valence-corrected chi connectivity index (χ0v) is 16.3. The number of sulfonamides is 1. The minimum absolute atomic E-state index is 0.300. The van der Waals surface area contributed by atoms with Gasteiger partial charge in [0.05, 0.1) is 4.90 Å². The van der Waals surface area contributed by atoms with Crippen molar-refractivity contribution in [1.82, 2.24) is 9.62 Å². The van der Waals surface area contributed by atoms with E-state index in [1.807, 2.05) is 31.2 Å². The SMILES string of the molecule is Cc1cccc(NC(=O)NCc2ccc(S(=O)(=O)N3CCCCC3)cc2)c1. The third-order valence-corrected chi connectivity index (χ3v) is 6.52. The van der Waals surface area contributed by atoms with Gasteiger partial charge in [-0.1, -0.05) is 30.7 Å². The Labute approximate surface area is 160 Å². The van der Waals surface area contributed by atoms with Crippen molar-refractivity contribution in [2.75, 3.05) is 18.4 Å². The second kappa shape index (κ2) is 8.54. The first-order chi connectivity index (χ1) is 12.9. The summed E-state index contributed by atoms with van der Waals surface area (Å²) < 4.78 is 26.8. The Morgan fingerprint density at radius 1 is 1.04 bits per heavy atom. The molecule has 3 rings (SSSR count). The van der Waals surface area contributed by atoms with E-state index in [2.05, 4.69) is 10.6 Å². The maximum absolute atomic E-state index is 12.6. The fraction of sp³-hybridized carbons (Fsp3) is 0.350. The number of hydrogen-bond donors (Lipinski definition) is 2. The van der Waals surface area contributed by atoms with Gasteiger partial charge in [-0.05, 0) is 55.2 Å². The van der Waals surface area contributed by atoms with Gasteiger partial charge in [-0.2, -0.15) is 4.31 Å². The van der Waals surface area contributed by atoms with E-state index in [1.54, 1.807) is 28.6 Å². The van der Waals surface area contributed by atoms with E-state index in [1.165, 1.54) is 0 Å². The molecule has 2 N–H and O–H groups in total. The van der Waals surface area contributed by atoms with Crippen LogP contribution in [0.3, 0.4) is 0 Å². The van der Waals surface area contributed by atoms with Crippen molar-refractivity contribution >= 4 is 21.7 Å². The summed E-state index contributed by atoms with van der Waals surface area (Å²) >= 11 is 0. The molecule has 2 amide bonds. The highest BCUT2D eigenvalue weighted by atomic mass is 32.2. The fourth-order valence-electron chi connectivity index (χ4n) is 3.11. The van der Waals surface area contributed by atoms with Crippen molar-refractivity contribution in [3.63, 3.8) is 0 Å². The Kier molecular flexibility index (Phi) is 6.13. The fourth-order valence-corrected chi connectivity index (χ4v) is 4.63. The number of nitrogens with one attached hydrogen (secondary N) is 2. The van der Waals surface area contributed by atoms with Gasteiger partial charge in [0.2, 0.25) is 10.0 Å². The van der Waals surface area contributed by atoms with Crippen molar-refractivity contribution in [2.24, 2.45) is 0 Å². The van der Waals surface area contributed by atoms with Crippen LogP contribution >= 0.6 is 0 Å². The predicted molar refractivity (Wildman–Crippen MR) is 106 cm³/mol. The van der Waals surface area contributed by atoms with Crippen molar-refractivity contribution in [3.05, 3.63) is 59.7 Å². The van der Waals surface area contributed by atoms with Crippen LogP contribution in [0.4, 0.5) is 10.5 Å². The summed E-state index contributed by atoms with van der Waals surface area (Å²) in [4.78, 5) is 12.3. The molecule has 0 bridgehead atoms. The van der Waals surface area contributed by atoms with Crippen LogP contribution in [-0.2, 0) is 16.6 Å². The van der Waals surface area contributed by atoms with E-state index in [9.17, 15) is 13.2 Å². The molecular weight excluding hydrogens is 362 g/mol. The Hall–Kier alpha value is -2.38. The van der Waals surface area contributed by atoms with Crippen molar-refractivity contribution < 1.29 is 13.2 Å². The largest absolute Gasteiger partial charge is 0.334 e. The van der Waals surface area contributed by atoms with E-state index in [0.717, 1.165) is 36.1 Å². The number of benzene rings is 2. The summed E-state index contributed by atoms with van der Waals surface area (Å²) in [7, 11) is -3.42. The predicted octanol–water partition coefficient (Wildman–Crippen LogP) is 3.49. The number of piperidine rings is 1. The van der Waals surface area contributed by atoms with Gasteiger partial charge in [-0.25, -0.2) is 13.2 Å². The number of hydrogen-bond acceptors (Lipinski definition) is 3. The lowest BCUT2D eigenvalue weighted by Crippen LogP contribution is -2.35. The Morgan fingerprint density at radius 2 is 1.74 bits per heavy atom. The molecular formula is C20H25N3O3S. The van der Waals surface area contributed by atoms with Gasteiger partial charge in [-0.15, -0.1) is 0 Å². The van der Waals surface area contributed by atoms with Crippen LogP contribution in [0.2, 0.25) is 0 Å². The lowest BCUT2D eigenvalue weighted by molar-refractivity contribution is 0.251. The Morgan fingerprint density at radius 3 is 2.41 bits per heavy atom. The number of urea groups is 1. The summed E-state index contributed by atoms with van der Waals surface area (Å²) in [6, 6.07) is 14.0. The molecule has 1 aliphatic rings. The number of anilines is 1. The van der Waals surface area contributed by atoms with Crippen LogP contribution in [0, 0.1) is 6.92 Å². The van der Waals surface area contributed by atoms with E-state index < -0.39 is 10.0 Å². The summed E-state index contributed by atoms with van der Waals surface area (Å²) in [6.45, 7) is 3.46. The molecule has 0 unspecified atom stereocenters. The Bertz CT molecular complexity index is 889. The quantitative estimate of drug-likeness (QED) is 0.824. The molecule has 144 valence electrons. The molecule has 2 aromatic rings. The smallest absolute Gasteiger partial charge is 0.319 e. The highest BCUT2D eigenvalue weighted by Gasteiger charge is 2.25. The summed E-state index contributed by atoms with van der Waals surface area (Å²) in [5.41, 5.74) is 2.64. The molecule has 1 fully saturated rings. The topological polar surface area (TPSA) is 78.5 Å². The minimum Gasteiger partial charge on any atom is -0.334 e. The van der Waals surface area contributed by atoms with Crippen LogP contribution in [-0.4, -0.2) is 31.8 Å². The van der Waals surface area contributed by atoms with Crippen LogP contribution in [0.15, 0.2) is 53.4 Å². The third kappa shape index (κ3) is 5.08. The summed E-state index contributed by atoms with van der Waals surface area (Å²) in [5.74, 6) is 0. The normalized spacial score (nSPS) is 15.3. The number of rotatable bonds is 5. The van der Waals surface area contributed by atoms with Crippen molar-refractivity contribution in [3.8, 4) is 0 Å². The second-order valence-corrected chi connectivity index (χ2v) is 8.72. The Balaban J connectivity index is 1.56. The van der Waals surface area contributed by atoms with Crippen LogP contribution in [0.25, 0.3) is 0 Å². The number of amides is 2. The number of carbonyl (C=O) groups excluding carboxylic acids is 1. The molecule has 0 spiro atoms. The van der Waals surface area contributed by atoms with Gasteiger partial charge in [0.15, 0.2) is 0 Å². The van der Waals surface area contributed by atoms with Crippen molar-refractivity contribution in [1.29, 1.82) is 0 Å². The lowest BCUT2D eigenvalue weighted by atomic mass is 10.2. The molecule has 1 heterocycles. The number of nitrogens with zero attached hydrogens (tertiary/aromatic N) is 1. The summed E-state index contributed by atoms with van der Waals surface area (Å²) in [6.07, 6.45) is 2.91. The molecule has 0 radical (unpaired) electrons. The average molecular weight is 388 g/mol. The third-order valence-electron chi connectivity index (χ3n) is 4.61. The molecule has 6 nitrogen and oxygen atoms in total. The standard InChI is InChI=1S/C20H25N3O3S/c1-16-6-5-7-18(14-16)22-20(24)21-15-17-8-10-19(11-9-17)27(25,26)23-12-3-2-4-13-23/h5-11,14H,2-4,12-13,15H2,1H3,(H2,21,22,24). The maximum atomic E-state index is 12.6. The second-order valence-electron chi connectivity index (χ2n) is 6.79. The van der Waals surface area contributed by atoms with Gasteiger partial charge >= 0.3 is 6.03 Å². The van der Waals surface area contributed by atoms with Gasteiger partial charge in [-0.3, -0.25) is 0 Å². The molecule has 2 aromatic carbocycles. The number of aryl methyl sites for hydroxylation is 1. The van der Waals surface area contributed by atoms with E-state index >= 15 is 0 Å². The first-order valence-electron chi connectivity index (χ1n) is 9.16. The first-order valence-corrected chi connectivity index (χ1v) is 10.6. The van der Waals surface area contributed by atoms with Gasteiger partial charge in [0.1, 0.15) is 0 Å². The summed E-state index contributed by atoms with van der Waals surface area (Å²) in [5, 5.41) is 5.56. The molecule has 0 saturated carbocycles. The van der Waals surface area contributed by atoms with Gasteiger partial charge in [0.25, 0.3) is 0 Å². The molecule has 0 atom stereocenters. The van der Waals surface area contributed by atoms with E-state index in [-0.39, 0.29) is 6.03 Å². The van der Waals surface area contributed by atoms with Crippen molar-refractivity contribution in [2.45, 2.75) is 37.6 Å². The highest BCUT2D eigenvalue weighted by Crippen LogP contribution is 2.20. The van der Waals surface area contributed by atoms with Gasteiger partial charge in [0, 0.05) is 25.3 Å². The van der Waals surface area contributed by atoms with Crippen LogP contribution in [0.1, 0.15) is 30.4 Å². The van der Waals surface area contributed by atoms with Gasteiger partial charge < -0.3 is 10.6 Å². The lowest BCUT2D eigenvalue weighted by Gasteiger charge is -2.25. The highest BCUT2D eigenvalue weighted by molar-refractivity contribution is 7.89. The monoisotopic (exact) mass is 387 g/mol. The van der Waals surface area contributed by atoms with E-state index in [4.69, 9.17) is 0 Å². The van der Waals surface area contributed by atoms with Crippen LogP contribution in [0.5, 0.6) is 0 Å². The first kappa shape index (κ1) is 19.4. The molecule has 1 aliphatic heterocycles. The zero-order valence-electron chi connectivity index (χ0n) is 15.4. The van der Waals surface area contributed by atoms with E-state index in [0.29, 0.717) is 24.5 Å². The maximum Gasteiger partial charge on any atom is 0.319 e. The minimum atomic E-state index is -3.42. The molecule has 7 heteroatoms. The molecule has 0 aliphatic carbocycles. The molecule has 1 saturated heterocycles. The zero-order chi connectivity index (χ0) is 19.3. The van der Waals surface area contributed by atoms with Crippen LogP contribution < -0.4 is 10.6 Å². The average Bonchev–Trinajstić information content (AvgIpc) is 2.67. The number of carbonyl (C=O) groups is 1. The molecule has 27 heavy (non-hydrogen) atoms. The molecule has 0 aromatic heterocycles.